The first-order chi connectivity index (χ1) is 14.1. The topological polar surface area (TPSA) is 117 Å². The summed E-state index contributed by atoms with van der Waals surface area (Å²) in [5.41, 5.74) is 1.68. The fourth-order valence-corrected chi connectivity index (χ4v) is 3.46. The number of sulfone groups is 1. The summed E-state index contributed by atoms with van der Waals surface area (Å²) in [6.45, 7) is 0. The number of hydrogen-bond donors (Lipinski definition) is 2. The van der Waals surface area contributed by atoms with Crippen molar-refractivity contribution in [1.82, 2.24) is 14.8 Å². The summed E-state index contributed by atoms with van der Waals surface area (Å²) in [6.07, 6.45) is -5.11. The molecule has 4 N–H and O–H groups in total. The van der Waals surface area contributed by atoms with Crippen LogP contribution in [0.2, 0.25) is 0 Å². The van der Waals surface area contributed by atoms with Crippen LogP contribution < -0.4 is 11.5 Å². The van der Waals surface area contributed by atoms with Gasteiger partial charge >= 0.3 is 11.7 Å². The minimum absolute atomic E-state index is 0.378. The third kappa shape index (κ3) is 3.99. The highest BCUT2D eigenvalue weighted by Gasteiger charge is 2.46. The van der Waals surface area contributed by atoms with Crippen LogP contribution in [0.15, 0.2) is 41.3 Å². The summed E-state index contributed by atoms with van der Waals surface area (Å²) in [5.74, 6) is -2.22. The highest BCUT2D eigenvalue weighted by molar-refractivity contribution is 7.92. The van der Waals surface area contributed by atoms with Crippen molar-refractivity contribution in [2.75, 3.05) is 11.5 Å². The van der Waals surface area contributed by atoms with Gasteiger partial charge in [0.1, 0.15) is 5.82 Å². The molecule has 2 aromatic carbocycles. The van der Waals surface area contributed by atoms with Crippen LogP contribution in [0.5, 0.6) is 0 Å². The van der Waals surface area contributed by atoms with Crippen LogP contribution in [0.3, 0.4) is 0 Å². The van der Waals surface area contributed by atoms with Crippen molar-refractivity contribution in [2.45, 2.75) is 16.6 Å². The number of rotatable bonds is 3. The zero-order chi connectivity index (χ0) is 23.4. The number of anilines is 2. The molecule has 15 heteroatoms. The van der Waals surface area contributed by atoms with Gasteiger partial charge in [-0.05, 0) is 23.8 Å². The van der Waals surface area contributed by atoms with Crippen molar-refractivity contribution in [3.8, 4) is 16.8 Å². The number of hydrogen-bond acceptors (Lipinski definition) is 6. The Morgan fingerprint density at radius 3 is 1.97 bits per heavy atom. The molecule has 0 aliphatic carbocycles. The summed E-state index contributed by atoms with van der Waals surface area (Å²) in [6, 6.07) is 3.25. The summed E-state index contributed by atoms with van der Waals surface area (Å²) >= 11 is 0. The first-order valence-electron chi connectivity index (χ1n) is 7.94. The molecule has 0 saturated heterocycles. The molecule has 0 unspecified atom stereocenters. The summed E-state index contributed by atoms with van der Waals surface area (Å²) in [7, 11) is -5.73. The molecule has 31 heavy (non-hydrogen) atoms. The fraction of sp³-hybridized carbons (Fsp3) is 0.125. The van der Waals surface area contributed by atoms with Gasteiger partial charge in [0.05, 0.1) is 16.1 Å². The average molecular weight is 469 g/mol. The first kappa shape index (κ1) is 22.3. The van der Waals surface area contributed by atoms with Crippen molar-refractivity contribution in [3.05, 3.63) is 47.8 Å². The summed E-state index contributed by atoms with van der Waals surface area (Å²) in [5, 5.41) is 3.56. The van der Waals surface area contributed by atoms with E-state index in [1.807, 2.05) is 0 Å². The summed E-state index contributed by atoms with van der Waals surface area (Å²) in [4.78, 5) is 2.29. The Balaban J connectivity index is 2.19. The number of alkyl halides is 6. The van der Waals surface area contributed by atoms with Crippen LogP contribution >= 0.6 is 0 Å². The zero-order valence-corrected chi connectivity index (χ0v) is 15.6. The Hall–Kier alpha value is -3.36. The fourth-order valence-electron chi connectivity index (χ4n) is 2.70. The molecule has 0 fully saturated rings. The van der Waals surface area contributed by atoms with E-state index in [-0.39, 0.29) is 5.95 Å². The smallest absolute Gasteiger partial charge is 0.368 e. The SMILES string of the molecule is Nc1nc(N)n(-c2cc(F)c(-c3ccc(S(=O)(=O)C(F)(F)F)cc3)c(C(F)(F)F)c2)n1. The van der Waals surface area contributed by atoms with Gasteiger partial charge in [-0.1, -0.05) is 12.1 Å². The van der Waals surface area contributed by atoms with Crippen LogP contribution in [0, 0.1) is 5.82 Å². The van der Waals surface area contributed by atoms with Crippen LogP contribution in [0.25, 0.3) is 16.8 Å². The van der Waals surface area contributed by atoms with Crippen LogP contribution in [-0.2, 0) is 16.0 Å². The number of nitrogens with zero attached hydrogens (tertiary/aromatic N) is 3. The van der Waals surface area contributed by atoms with E-state index in [0.717, 1.165) is 0 Å². The Morgan fingerprint density at radius 2 is 1.52 bits per heavy atom. The molecule has 0 amide bonds. The van der Waals surface area contributed by atoms with Crippen LogP contribution in [0.4, 0.5) is 42.6 Å². The second-order valence-corrected chi connectivity index (χ2v) is 8.00. The lowest BCUT2D eigenvalue weighted by Crippen LogP contribution is -2.23. The normalized spacial score (nSPS) is 12.9. The van der Waals surface area contributed by atoms with Gasteiger partial charge in [-0.2, -0.15) is 36.0 Å². The third-order valence-electron chi connectivity index (χ3n) is 4.03. The largest absolute Gasteiger partial charge is 0.501 e. The predicted octanol–water partition coefficient (Wildman–Crippen LogP) is 3.55. The maximum atomic E-state index is 14.7. The Labute approximate surface area is 169 Å². The predicted molar refractivity (Wildman–Crippen MR) is 93.8 cm³/mol. The number of aromatic nitrogens is 3. The molecule has 0 saturated carbocycles. The monoisotopic (exact) mass is 469 g/mol. The van der Waals surface area contributed by atoms with E-state index in [1.165, 1.54) is 0 Å². The van der Waals surface area contributed by atoms with E-state index in [9.17, 15) is 39.2 Å². The molecular weight excluding hydrogens is 459 g/mol. The third-order valence-corrected chi connectivity index (χ3v) is 5.53. The average Bonchev–Trinajstić information content (AvgIpc) is 2.97. The lowest BCUT2D eigenvalue weighted by atomic mass is 9.98. The first-order valence-corrected chi connectivity index (χ1v) is 9.42. The highest BCUT2D eigenvalue weighted by atomic mass is 32.2. The van der Waals surface area contributed by atoms with Gasteiger partial charge in [0, 0.05) is 11.6 Å². The van der Waals surface area contributed by atoms with Crippen molar-refractivity contribution >= 4 is 21.7 Å². The van der Waals surface area contributed by atoms with Gasteiger partial charge in [0.25, 0.3) is 9.84 Å². The second-order valence-electron chi connectivity index (χ2n) is 6.06. The van der Waals surface area contributed by atoms with Crippen molar-refractivity contribution < 1.29 is 39.2 Å². The van der Waals surface area contributed by atoms with Gasteiger partial charge < -0.3 is 11.5 Å². The molecule has 0 spiro atoms. The van der Waals surface area contributed by atoms with E-state index in [1.54, 1.807) is 0 Å². The number of nitrogen functional groups attached to an aromatic ring is 2. The molecular formula is C16H10F7N5O2S. The molecule has 0 aliphatic rings. The number of benzene rings is 2. The van der Waals surface area contributed by atoms with Crippen LogP contribution in [-0.4, -0.2) is 28.7 Å². The molecule has 0 bridgehead atoms. The lowest BCUT2D eigenvalue weighted by molar-refractivity contribution is -0.137. The van der Waals surface area contributed by atoms with Gasteiger partial charge in [0.15, 0.2) is 0 Å². The quantitative estimate of drug-likeness (QED) is 0.567. The second kappa shape index (κ2) is 7.11. The molecule has 166 valence electrons. The lowest BCUT2D eigenvalue weighted by Gasteiger charge is -2.16. The zero-order valence-electron chi connectivity index (χ0n) is 14.8. The molecule has 3 rings (SSSR count). The number of halogens is 7. The van der Waals surface area contributed by atoms with E-state index >= 15 is 0 Å². The Morgan fingerprint density at radius 1 is 0.935 bits per heavy atom. The molecule has 0 atom stereocenters. The maximum Gasteiger partial charge on any atom is 0.501 e. The molecule has 1 heterocycles. The minimum atomic E-state index is -5.73. The molecule has 1 aromatic heterocycles. The molecule has 0 aliphatic heterocycles. The van der Waals surface area contributed by atoms with Crippen molar-refractivity contribution in [1.29, 1.82) is 0 Å². The van der Waals surface area contributed by atoms with Crippen LogP contribution in [0.1, 0.15) is 5.56 Å². The number of nitrogens with two attached hydrogens (primary N) is 2. The van der Waals surface area contributed by atoms with E-state index < -0.39 is 60.6 Å². The van der Waals surface area contributed by atoms with E-state index in [2.05, 4.69) is 10.1 Å². The Kier molecular flexibility index (Phi) is 5.12. The molecule has 0 radical (unpaired) electrons. The van der Waals surface area contributed by atoms with Gasteiger partial charge in [0.2, 0.25) is 11.9 Å². The summed E-state index contributed by atoms with van der Waals surface area (Å²) < 4.78 is 117. The molecule has 7 nitrogen and oxygen atoms in total. The Bertz CT molecular complexity index is 1250. The van der Waals surface area contributed by atoms with E-state index in [0.29, 0.717) is 41.1 Å². The van der Waals surface area contributed by atoms with E-state index in [4.69, 9.17) is 11.5 Å². The van der Waals surface area contributed by atoms with Gasteiger partial charge in [-0.3, -0.25) is 0 Å². The molecule has 3 aromatic rings. The minimum Gasteiger partial charge on any atom is -0.368 e. The highest BCUT2D eigenvalue weighted by Crippen LogP contribution is 2.41. The maximum absolute atomic E-state index is 14.7. The van der Waals surface area contributed by atoms with Crippen molar-refractivity contribution in [3.63, 3.8) is 0 Å². The van der Waals surface area contributed by atoms with Crippen molar-refractivity contribution in [2.24, 2.45) is 0 Å². The standard InChI is InChI=1S/C16H10F7N5O2S/c17-11-6-8(28-14(25)26-13(24)27-28)5-10(15(18,19)20)12(11)7-1-3-9(4-2-7)31(29,30)16(21,22)23/h1-6H,(H4,24,25,26,27). The van der Waals surface area contributed by atoms with Gasteiger partial charge in [-0.25, -0.2) is 12.8 Å². The van der Waals surface area contributed by atoms with Gasteiger partial charge in [-0.15, -0.1) is 5.10 Å².